The number of pyridine rings is 1. The van der Waals surface area contributed by atoms with E-state index < -0.39 is 0 Å². The molecule has 6 heteroatoms. The van der Waals surface area contributed by atoms with Gasteiger partial charge in [-0.2, -0.15) is 0 Å². The van der Waals surface area contributed by atoms with Gasteiger partial charge < -0.3 is 9.15 Å². The van der Waals surface area contributed by atoms with Crippen LogP contribution in [0, 0.1) is 0 Å². The van der Waals surface area contributed by atoms with E-state index in [0.717, 1.165) is 60.8 Å². The number of hydrogen-bond donors (Lipinski definition) is 0. The van der Waals surface area contributed by atoms with E-state index in [9.17, 15) is 0 Å². The normalized spacial score (nSPS) is 15.4. The van der Waals surface area contributed by atoms with Crippen molar-refractivity contribution in [3.8, 4) is 16.8 Å². The molecule has 6 nitrogen and oxygen atoms in total. The number of benzene rings is 1. The molecular weight excluding hydrogens is 340 g/mol. The average Bonchev–Trinajstić information content (AvgIpc) is 3.38. The summed E-state index contributed by atoms with van der Waals surface area (Å²) < 4.78 is 12.6. The monoisotopic (exact) mass is 360 g/mol. The fourth-order valence-corrected chi connectivity index (χ4v) is 3.50. The molecule has 0 spiro atoms. The van der Waals surface area contributed by atoms with E-state index in [0.29, 0.717) is 0 Å². The summed E-state index contributed by atoms with van der Waals surface area (Å²) in [5, 5.41) is 0. The second-order valence-electron chi connectivity index (χ2n) is 6.75. The minimum Gasteiger partial charge on any atom is -0.472 e. The molecule has 0 radical (unpaired) electrons. The van der Waals surface area contributed by atoms with Gasteiger partial charge in [0.2, 0.25) is 0 Å². The van der Waals surface area contributed by atoms with Crippen LogP contribution < -0.4 is 0 Å². The van der Waals surface area contributed by atoms with E-state index in [1.807, 2.05) is 29.2 Å². The highest BCUT2D eigenvalue weighted by atomic mass is 16.5. The lowest BCUT2D eigenvalue weighted by molar-refractivity contribution is 0.0342. The van der Waals surface area contributed by atoms with Crippen molar-refractivity contribution in [2.75, 3.05) is 26.3 Å². The number of rotatable bonds is 4. The third kappa shape index (κ3) is 3.25. The molecule has 4 heterocycles. The molecule has 0 bridgehead atoms. The Kier molecular flexibility index (Phi) is 4.20. The molecule has 1 aliphatic rings. The zero-order valence-corrected chi connectivity index (χ0v) is 14.9. The molecule has 0 atom stereocenters. The fourth-order valence-electron chi connectivity index (χ4n) is 3.50. The Bertz CT molecular complexity index is 1050. The van der Waals surface area contributed by atoms with Crippen molar-refractivity contribution < 1.29 is 9.15 Å². The first kappa shape index (κ1) is 16.2. The maximum Gasteiger partial charge on any atom is 0.164 e. The number of morpholine rings is 1. The van der Waals surface area contributed by atoms with Crippen LogP contribution in [0.15, 0.2) is 65.9 Å². The smallest absolute Gasteiger partial charge is 0.164 e. The summed E-state index contributed by atoms with van der Waals surface area (Å²) >= 11 is 0. The van der Waals surface area contributed by atoms with Gasteiger partial charge in [-0.3, -0.25) is 9.47 Å². The number of nitrogens with zero attached hydrogens (tertiary/aromatic N) is 4. The molecule has 27 heavy (non-hydrogen) atoms. The van der Waals surface area contributed by atoms with Gasteiger partial charge in [-0.05, 0) is 29.8 Å². The van der Waals surface area contributed by atoms with Crippen LogP contribution in [0.3, 0.4) is 0 Å². The van der Waals surface area contributed by atoms with Crippen molar-refractivity contribution in [2.45, 2.75) is 6.54 Å². The molecular formula is C21H20N4O2. The average molecular weight is 360 g/mol. The van der Waals surface area contributed by atoms with Gasteiger partial charge in [-0.1, -0.05) is 12.1 Å². The van der Waals surface area contributed by atoms with Gasteiger partial charge in [0, 0.05) is 42.6 Å². The number of imidazole rings is 1. The van der Waals surface area contributed by atoms with Crippen LogP contribution in [0.4, 0.5) is 0 Å². The van der Waals surface area contributed by atoms with Crippen molar-refractivity contribution in [1.29, 1.82) is 0 Å². The fraction of sp³-hybridized carbons (Fsp3) is 0.238. The van der Waals surface area contributed by atoms with Crippen LogP contribution >= 0.6 is 0 Å². The zero-order valence-electron chi connectivity index (χ0n) is 14.9. The number of ether oxygens (including phenoxy) is 1. The number of fused-ring (bicyclic) bond motifs is 1. The van der Waals surface area contributed by atoms with Gasteiger partial charge in [0.15, 0.2) is 5.65 Å². The molecule has 0 amide bonds. The Hall–Kier alpha value is -2.96. The quantitative estimate of drug-likeness (QED) is 0.557. The van der Waals surface area contributed by atoms with E-state index in [1.54, 1.807) is 12.5 Å². The molecule has 5 rings (SSSR count). The number of furan rings is 1. The Morgan fingerprint density at radius 2 is 1.93 bits per heavy atom. The zero-order chi connectivity index (χ0) is 18.1. The molecule has 136 valence electrons. The summed E-state index contributed by atoms with van der Waals surface area (Å²) in [6.07, 6.45) is 7.08. The van der Waals surface area contributed by atoms with Crippen LogP contribution in [0.5, 0.6) is 0 Å². The molecule has 4 aromatic rings. The van der Waals surface area contributed by atoms with Gasteiger partial charge in [0.25, 0.3) is 0 Å². The molecule has 0 unspecified atom stereocenters. The van der Waals surface area contributed by atoms with Crippen molar-refractivity contribution >= 4 is 11.2 Å². The van der Waals surface area contributed by atoms with E-state index in [-0.39, 0.29) is 0 Å². The highest BCUT2D eigenvalue weighted by Crippen LogP contribution is 2.24. The maximum absolute atomic E-state index is 5.44. The van der Waals surface area contributed by atoms with Crippen molar-refractivity contribution in [2.24, 2.45) is 0 Å². The Balaban J connectivity index is 1.45. The largest absolute Gasteiger partial charge is 0.472 e. The summed E-state index contributed by atoms with van der Waals surface area (Å²) in [4.78, 5) is 11.6. The number of aromatic nitrogens is 3. The second-order valence-corrected chi connectivity index (χ2v) is 6.75. The summed E-state index contributed by atoms with van der Waals surface area (Å²) in [5.74, 6) is 0. The highest BCUT2D eigenvalue weighted by Gasteiger charge is 2.12. The second kappa shape index (κ2) is 6.98. The molecule has 1 fully saturated rings. The third-order valence-electron chi connectivity index (χ3n) is 4.94. The van der Waals surface area contributed by atoms with Crippen LogP contribution in [-0.2, 0) is 11.3 Å². The van der Waals surface area contributed by atoms with E-state index >= 15 is 0 Å². The van der Waals surface area contributed by atoms with Crippen LogP contribution in [-0.4, -0.2) is 45.7 Å². The predicted octanol–water partition coefficient (Wildman–Crippen LogP) is 3.51. The first-order valence-corrected chi connectivity index (χ1v) is 9.12. The van der Waals surface area contributed by atoms with Crippen molar-refractivity contribution in [3.05, 3.63) is 67.0 Å². The van der Waals surface area contributed by atoms with Gasteiger partial charge in [-0.15, -0.1) is 0 Å². The van der Waals surface area contributed by atoms with Crippen LogP contribution in [0.2, 0.25) is 0 Å². The molecule has 0 N–H and O–H groups in total. The minimum absolute atomic E-state index is 0.814. The first-order valence-electron chi connectivity index (χ1n) is 9.12. The van der Waals surface area contributed by atoms with Crippen LogP contribution in [0.25, 0.3) is 28.0 Å². The summed E-state index contributed by atoms with van der Waals surface area (Å²) in [7, 11) is 0. The summed E-state index contributed by atoms with van der Waals surface area (Å²) in [6.45, 7) is 4.53. The SMILES string of the molecule is c1cc(CN2CCOCC2)cc(-n2cnc3cc(-c4ccoc4)cnc32)c1. The topological polar surface area (TPSA) is 56.3 Å². The van der Waals surface area contributed by atoms with Gasteiger partial charge in [0.05, 0.1) is 25.7 Å². The summed E-state index contributed by atoms with van der Waals surface area (Å²) in [5.41, 5.74) is 6.09. The lowest BCUT2D eigenvalue weighted by atomic mass is 10.1. The molecule has 3 aromatic heterocycles. The lowest BCUT2D eigenvalue weighted by Crippen LogP contribution is -2.35. The van der Waals surface area contributed by atoms with E-state index in [2.05, 4.69) is 39.1 Å². The van der Waals surface area contributed by atoms with E-state index in [1.165, 1.54) is 5.56 Å². The molecule has 0 aliphatic carbocycles. The van der Waals surface area contributed by atoms with Crippen molar-refractivity contribution in [1.82, 2.24) is 19.4 Å². The first-order chi connectivity index (χ1) is 13.4. The van der Waals surface area contributed by atoms with Crippen molar-refractivity contribution in [3.63, 3.8) is 0 Å². The number of hydrogen-bond acceptors (Lipinski definition) is 5. The standard InChI is InChI=1S/C21H20N4O2/c1-2-16(13-24-5-8-26-9-6-24)10-19(3-1)25-15-23-20-11-18(12-22-21(20)25)17-4-7-27-14-17/h1-4,7,10-12,14-15H,5-6,8-9,13H2. The molecule has 0 saturated carbocycles. The molecule has 1 aromatic carbocycles. The maximum atomic E-state index is 5.44. The Labute approximate surface area is 157 Å². The Morgan fingerprint density at radius 1 is 1.00 bits per heavy atom. The highest BCUT2D eigenvalue weighted by molar-refractivity contribution is 5.79. The Morgan fingerprint density at radius 3 is 2.78 bits per heavy atom. The third-order valence-corrected chi connectivity index (χ3v) is 4.94. The summed E-state index contributed by atoms with van der Waals surface area (Å²) in [6, 6.07) is 12.5. The minimum atomic E-state index is 0.814. The molecule has 1 aliphatic heterocycles. The van der Waals surface area contributed by atoms with Gasteiger partial charge in [0.1, 0.15) is 11.8 Å². The molecule has 1 saturated heterocycles. The lowest BCUT2D eigenvalue weighted by Gasteiger charge is -2.26. The van der Waals surface area contributed by atoms with Gasteiger partial charge in [-0.25, -0.2) is 9.97 Å². The van der Waals surface area contributed by atoms with E-state index in [4.69, 9.17) is 9.15 Å². The predicted molar refractivity (Wildman–Crippen MR) is 103 cm³/mol. The van der Waals surface area contributed by atoms with Gasteiger partial charge >= 0.3 is 0 Å². The van der Waals surface area contributed by atoms with Crippen LogP contribution in [0.1, 0.15) is 5.56 Å².